The van der Waals surface area contributed by atoms with Crippen molar-refractivity contribution in [1.82, 2.24) is 9.80 Å². The number of piperidine rings is 3. The molecule has 2 bridgehead atoms. The van der Waals surface area contributed by atoms with Crippen molar-refractivity contribution in [2.45, 2.75) is 38.3 Å². The van der Waals surface area contributed by atoms with Crippen molar-refractivity contribution >= 4 is 0 Å². The Bertz CT molecular complexity index is 250. The summed E-state index contributed by atoms with van der Waals surface area (Å²) in [5.41, 5.74) is 0. The Kier molecular flexibility index (Phi) is 2.94. The molecule has 0 radical (unpaired) electrons. The van der Waals surface area contributed by atoms with Crippen molar-refractivity contribution in [2.75, 3.05) is 32.8 Å². The molecule has 0 aromatic carbocycles. The largest absolute Gasteiger partial charge is 0.396 e. The minimum atomic E-state index is 0.350. The molecule has 16 heavy (non-hydrogen) atoms. The van der Waals surface area contributed by atoms with E-state index in [1.807, 2.05) is 0 Å². The van der Waals surface area contributed by atoms with E-state index in [1.54, 1.807) is 0 Å². The Morgan fingerprint density at radius 3 is 2.62 bits per heavy atom. The first kappa shape index (κ1) is 11.0. The predicted octanol–water partition coefficient (Wildman–Crippen LogP) is 0.783. The lowest BCUT2D eigenvalue weighted by molar-refractivity contribution is 0.000168. The van der Waals surface area contributed by atoms with Crippen LogP contribution in [0.25, 0.3) is 0 Å². The zero-order valence-electron chi connectivity index (χ0n) is 10.3. The van der Waals surface area contributed by atoms with Crippen molar-refractivity contribution in [3.63, 3.8) is 0 Å². The lowest BCUT2D eigenvalue weighted by Crippen LogP contribution is -2.57. The Labute approximate surface area is 98.4 Å². The molecule has 4 rings (SSSR count). The molecule has 3 atom stereocenters. The van der Waals surface area contributed by atoms with Crippen molar-refractivity contribution < 1.29 is 5.11 Å². The van der Waals surface area contributed by atoms with Gasteiger partial charge in [-0.25, -0.2) is 0 Å². The van der Waals surface area contributed by atoms with Gasteiger partial charge in [0.15, 0.2) is 0 Å². The van der Waals surface area contributed by atoms with E-state index >= 15 is 0 Å². The molecule has 4 aliphatic heterocycles. The number of hydrogen-bond acceptors (Lipinski definition) is 3. The Balaban J connectivity index is 1.82. The highest BCUT2D eigenvalue weighted by Gasteiger charge is 2.51. The molecular formula is C13H24N2O. The lowest BCUT2D eigenvalue weighted by Gasteiger charge is -2.49. The summed E-state index contributed by atoms with van der Waals surface area (Å²) in [7, 11) is 0. The maximum atomic E-state index is 9.26. The number of aliphatic hydroxyl groups excluding tert-OH is 1. The summed E-state index contributed by atoms with van der Waals surface area (Å²) < 4.78 is 0. The van der Waals surface area contributed by atoms with Gasteiger partial charge in [0, 0.05) is 25.2 Å². The van der Waals surface area contributed by atoms with E-state index in [9.17, 15) is 5.11 Å². The van der Waals surface area contributed by atoms with Gasteiger partial charge in [-0.3, -0.25) is 9.80 Å². The van der Waals surface area contributed by atoms with Gasteiger partial charge in [0.1, 0.15) is 0 Å². The van der Waals surface area contributed by atoms with Gasteiger partial charge in [-0.1, -0.05) is 6.92 Å². The molecule has 0 aromatic rings. The van der Waals surface area contributed by atoms with Crippen LogP contribution in [0.5, 0.6) is 0 Å². The molecule has 4 fully saturated rings. The van der Waals surface area contributed by atoms with Crippen LogP contribution < -0.4 is 0 Å². The molecule has 3 nitrogen and oxygen atoms in total. The second-order valence-electron chi connectivity index (χ2n) is 5.70. The van der Waals surface area contributed by atoms with Gasteiger partial charge >= 0.3 is 0 Å². The first-order valence-corrected chi connectivity index (χ1v) is 6.94. The topological polar surface area (TPSA) is 26.7 Å². The van der Waals surface area contributed by atoms with Gasteiger partial charge in [-0.2, -0.15) is 0 Å². The molecule has 92 valence electrons. The van der Waals surface area contributed by atoms with Gasteiger partial charge in [0.05, 0.1) is 0 Å². The van der Waals surface area contributed by atoms with Crippen molar-refractivity contribution in [2.24, 2.45) is 11.8 Å². The summed E-state index contributed by atoms with van der Waals surface area (Å²) in [5, 5.41) is 9.26. The van der Waals surface area contributed by atoms with Crippen LogP contribution in [0.2, 0.25) is 0 Å². The molecule has 3 heteroatoms. The van der Waals surface area contributed by atoms with Crippen LogP contribution in [-0.4, -0.2) is 59.8 Å². The fraction of sp³-hybridized carbons (Fsp3) is 1.00. The maximum absolute atomic E-state index is 9.26. The molecule has 4 heterocycles. The lowest BCUT2D eigenvalue weighted by atomic mass is 9.73. The molecule has 1 N–H and O–H groups in total. The quantitative estimate of drug-likeness (QED) is 0.767. The first-order chi connectivity index (χ1) is 7.85. The van der Waals surface area contributed by atoms with Crippen molar-refractivity contribution in [3.05, 3.63) is 0 Å². The van der Waals surface area contributed by atoms with Gasteiger partial charge in [0.25, 0.3) is 0 Å². The average molecular weight is 224 g/mol. The molecule has 0 aromatic heterocycles. The van der Waals surface area contributed by atoms with E-state index in [0.29, 0.717) is 12.6 Å². The molecule has 0 spiro atoms. The van der Waals surface area contributed by atoms with E-state index in [2.05, 4.69) is 16.7 Å². The van der Waals surface area contributed by atoms with Crippen molar-refractivity contribution in [1.29, 1.82) is 0 Å². The second kappa shape index (κ2) is 4.28. The number of rotatable bonds is 3. The van der Waals surface area contributed by atoms with E-state index in [4.69, 9.17) is 0 Å². The van der Waals surface area contributed by atoms with Crippen LogP contribution in [0.4, 0.5) is 0 Å². The molecule has 3 unspecified atom stereocenters. The zero-order valence-corrected chi connectivity index (χ0v) is 10.3. The SMILES string of the molecule is CCN1CC2C3CCN(CC3)C2C1CCO. The normalized spacial score (nSPS) is 47.2. The minimum Gasteiger partial charge on any atom is -0.396 e. The summed E-state index contributed by atoms with van der Waals surface area (Å²) in [6.07, 6.45) is 3.81. The number of nitrogens with zero attached hydrogens (tertiary/aromatic N) is 2. The van der Waals surface area contributed by atoms with Crippen LogP contribution in [-0.2, 0) is 0 Å². The number of fused-ring (bicyclic) bond motifs is 2. The van der Waals surface area contributed by atoms with E-state index in [-0.39, 0.29) is 0 Å². The molecule has 0 aliphatic carbocycles. The Hall–Kier alpha value is -0.120. The molecule has 0 amide bonds. The average Bonchev–Trinajstić information content (AvgIpc) is 2.72. The molecule has 4 aliphatic rings. The zero-order chi connectivity index (χ0) is 11.1. The highest BCUT2D eigenvalue weighted by molar-refractivity contribution is 5.06. The van der Waals surface area contributed by atoms with Crippen LogP contribution in [0, 0.1) is 11.8 Å². The number of likely N-dealkylation sites (tertiary alicyclic amines) is 1. The third kappa shape index (κ3) is 1.52. The number of hydrogen-bond donors (Lipinski definition) is 1. The van der Waals surface area contributed by atoms with Gasteiger partial charge in [-0.15, -0.1) is 0 Å². The predicted molar refractivity (Wildman–Crippen MR) is 64.3 cm³/mol. The van der Waals surface area contributed by atoms with Gasteiger partial charge in [-0.05, 0) is 50.7 Å². The number of aliphatic hydroxyl groups is 1. The smallest absolute Gasteiger partial charge is 0.0446 e. The summed E-state index contributed by atoms with van der Waals surface area (Å²) in [6.45, 7) is 7.67. The van der Waals surface area contributed by atoms with Crippen LogP contribution in [0.3, 0.4) is 0 Å². The number of likely N-dealkylation sites (N-methyl/N-ethyl adjacent to an activating group) is 1. The van der Waals surface area contributed by atoms with Crippen molar-refractivity contribution in [3.8, 4) is 0 Å². The van der Waals surface area contributed by atoms with Crippen LogP contribution in [0.1, 0.15) is 26.2 Å². The third-order valence-corrected chi connectivity index (χ3v) is 5.18. The molecular weight excluding hydrogens is 200 g/mol. The standard InChI is InChI=1S/C13H24N2O/c1-2-14-9-11-10-3-6-15(7-4-10)13(11)12(14)5-8-16/h10-13,16H,2-9H2,1H3. The van der Waals surface area contributed by atoms with Crippen LogP contribution >= 0.6 is 0 Å². The molecule has 0 saturated carbocycles. The highest BCUT2D eigenvalue weighted by Crippen LogP contribution is 2.44. The van der Waals surface area contributed by atoms with E-state index in [0.717, 1.165) is 30.8 Å². The van der Waals surface area contributed by atoms with Crippen LogP contribution in [0.15, 0.2) is 0 Å². The highest BCUT2D eigenvalue weighted by atomic mass is 16.3. The summed E-state index contributed by atoms with van der Waals surface area (Å²) in [5.74, 6) is 1.88. The van der Waals surface area contributed by atoms with Gasteiger partial charge in [0.2, 0.25) is 0 Å². The fourth-order valence-corrected chi connectivity index (χ4v) is 4.45. The molecule has 4 saturated heterocycles. The summed E-state index contributed by atoms with van der Waals surface area (Å²) >= 11 is 0. The minimum absolute atomic E-state index is 0.350. The second-order valence-corrected chi connectivity index (χ2v) is 5.70. The maximum Gasteiger partial charge on any atom is 0.0446 e. The Morgan fingerprint density at radius 2 is 2.00 bits per heavy atom. The fourth-order valence-electron chi connectivity index (χ4n) is 4.45. The van der Waals surface area contributed by atoms with E-state index in [1.165, 1.54) is 32.5 Å². The van der Waals surface area contributed by atoms with E-state index < -0.39 is 0 Å². The summed E-state index contributed by atoms with van der Waals surface area (Å²) in [6, 6.07) is 1.39. The first-order valence-electron chi connectivity index (χ1n) is 6.94. The monoisotopic (exact) mass is 224 g/mol. The van der Waals surface area contributed by atoms with Gasteiger partial charge < -0.3 is 5.11 Å². The summed E-state index contributed by atoms with van der Waals surface area (Å²) in [4.78, 5) is 5.32. The third-order valence-electron chi connectivity index (χ3n) is 5.18. The Morgan fingerprint density at radius 1 is 1.25 bits per heavy atom.